The van der Waals surface area contributed by atoms with E-state index in [0.29, 0.717) is 5.56 Å². The maximum Gasteiger partial charge on any atom is 0.386 e. The van der Waals surface area contributed by atoms with Gasteiger partial charge in [0.15, 0.2) is 0 Å². The fraction of sp³-hybridized carbons (Fsp3) is 0.0667. The Hall–Kier alpha value is -2.62. The summed E-state index contributed by atoms with van der Waals surface area (Å²) in [5.41, 5.74) is 1.95. The number of hydrogen-bond donors (Lipinski definition) is 0. The minimum atomic E-state index is -0.699. The summed E-state index contributed by atoms with van der Waals surface area (Å²) in [7, 11) is 0. The Morgan fingerprint density at radius 2 is 1.47 bits per heavy atom. The molecule has 0 saturated carbocycles. The van der Waals surface area contributed by atoms with E-state index >= 15 is 0 Å². The van der Waals surface area contributed by atoms with Crippen LogP contribution in [0.1, 0.15) is 17.3 Å². The lowest BCUT2D eigenvalue weighted by atomic mass is 10.00. The predicted molar refractivity (Wildman–Crippen MR) is 69.1 cm³/mol. The van der Waals surface area contributed by atoms with Gasteiger partial charge in [-0.2, -0.15) is 0 Å². The summed E-state index contributed by atoms with van der Waals surface area (Å²) < 4.78 is 0. The predicted octanol–water partition coefficient (Wildman–Crippen LogP) is 2.99. The Labute approximate surface area is 110 Å². The topological polar surface area (TPSA) is 52.6 Å². The highest BCUT2D eigenvalue weighted by Gasteiger charge is 2.15. The molecular weight excluding hydrogens is 244 g/mol. The number of carbonyl (C=O) groups excluding carboxylic acids is 2. The highest BCUT2D eigenvalue weighted by Crippen LogP contribution is 2.23. The Kier molecular flexibility index (Phi) is 3.93. The Morgan fingerprint density at radius 3 is 2.16 bits per heavy atom. The number of hydrogen-bond acceptors (Lipinski definition) is 4. The first-order valence-electron chi connectivity index (χ1n) is 5.72. The minimum absolute atomic E-state index is 0.343. The Bertz CT molecular complexity index is 590. The van der Waals surface area contributed by atoms with Crippen LogP contribution in [0.4, 0.5) is 0 Å². The molecule has 96 valence electrons. The third-order valence-electron chi connectivity index (χ3n) is 2.47. The van der Waals surface area contributed by atoms with Crippen molar-refractivity contribution in [1.29, 1.82) is 0 Å². The van der Waals surface area contributed by atoms with Gasteiger partial charge >= 0.3 is 11.9 Å². The molecule has 0 saturated heterocycles. The second kappa shape index (κ2) is 5.82. The van der Waals surface area contributed by atoms with E-state index in [1.165, 1.54) is 0 Å². The van der Waals surface area contributed by atoms with Gasteiger partial charge in [-0.05, 0) is 17.2 Å². The fourth-order valence-corrected chi connectivity index (χ4v) is 1.67. The highest BCUT2D eigenvalue weighted by atomic mass is 17.2. The zero-order valence-corrected chi connectivity index (χ0v) is 10.3. The summed E-state index contributed by atoms with van der Waals surface area (Å²) in [6.07, 6.45) is 0. The third-order valence-corrected chi connectivity index (χ3v) is 2.47. The second-order valence-corrected chi connectivity index (χ2v) is 3.86. The van der Waals surface area contributed by atoms with E-state index in [-0.39, 0.29) is 0 Å². The summed E-state index contributed by atoms with van der Waals surface area (Å²) in [6.45, 7) is 1.16. The van der Waals surface area contributed by atoms with Crippen LogP contribution in [0.3, 0.4) is 0 Å². The van der Waals surface area contributed by atoms with E-state index in [4.69, 9.17) is 0 Å². The molecule has 2 rings (SSSR count). The van der Waals surface area contributed by atoms with Crippen molar-refractivity contribution in [2.75, 3.05) is 0 Å². The van der Waals surface area contributed by atoms with Crippen molar-refractivity contribution >= 4 is 11.9 Å². The molecule has 0 unspecified atom stereocenters. The van der Waals surface area contributed by atoms with Gasteiger partial charge < -0.3 is 0 Å². The lowest BCUT2D eigenvalue weighted by Gasteiger charge is -2.07. The van der Waals surface area contributed by atoms with Gasteiger partial charge in [-0.3, -0.25) is 0 Å². The molecule has 2 aromatic carbocycles. The summed E-state index contributed by atoms with van der Waals surface area (Å²) in [6, 6.07) is 16.4. The van der Waals surface area contributed by atoms with Gasteiger partial charge in [-0.1, -0.05) is 48.5 Å². The average molecular weight is 256 g/mol. The maximum atomic E-state index is 11.8. The molecule has 0 aliphatic heterocycles. The first-order chi connectivity index (χ1) is 9.18. The molecule has 2 aromatic rings. The Balaban J connectivity index is 2.31. The molecule has 0 N–H and O–H groups in total. The molecule has 4 heteroatoms. The van der Waals surface area contributed by atoms with Crippen molar-refractivity contribution in [3.63, 3.8) is 0 Å². The van der Waals surface area contributed by atoms with Crippen LogP contribution >= 0.6 is 0 Å². The number of carbonyl (C=O) groups is 2. The number of rotatable bonds is 2. The van der Waals surface area contributed by atoms with E-state index < -0.39 is 11.9 Å². The zero-order valence-electron chi connectivity index (χ0n) is 10.3. The smallest absolute Gasteiger partial charge is 0.248 e. The molecule has 4 nitrogen and oxygen atoms in total. The van der Waals surface area contributed by atoms with Crippen LogP contribution < -0.4 is 0 Å². The standard InChI is InChI=1S/C15H12O4/c1-11(16)18-19-15(17)14-10-6-5-9-13(14)12-7-3-2-4-8-12/h2-10H,1H3. The molecule has 19 heavy (non-hydrogen) atoms. The van der Waals surface area contributed by atoms with E-state index in [2.05, 4.69) is 9.78 Å². The molecule has 0 spiro atoms. The van der Waals surface area contributed by atoms with Gasteiger partial charge in [0.2, 0.25) is 0 Å². The van der Waals surface area contributed by atoms with E-state index in [0.717, 1.165) is 18.1 Å². The molecular formula is C15H12O4. The molecule has 0 bridgehead atoms. The Morgan fingerprint density at radius 1 is 0.842 bits per heavy atom. The quantitative estimate of drug-likeness (QED) is 0.612. The largest absolute Gasteiger partial charge is 0.386 e. The normalized spacial score (nSPS) is 9.74. The first kappa shape index (κ1) is 12.8. The maximum absolute atomic E-state index is 11.8. The van der Waals surface area contributed by atoms with E-state index in [1.807, 2.05) is 36.4 Å². The fourth-order valence-electron chi connectivity index (χ4n) is 1.67. The van der Waals surface area contributed by atoms with Crippen molar-refractivity contribution in [2.45, 2.75) is 6.92 Å². The third kappa shape index (κ3) is 3.19. The molecule has 0 heterocycles. The van der Waals surface area contributed by atoms with Crippen molar-refractivity contribution in [3.8, 4) is 11.1 Å². The lowest BCUT2D eigenvalue weighted by molar-refractivity contribution is -0.231. The van der Waals surface area contributed by atoms with Crippen LogP contribution in [0.5, 0.6) is 0 Å². The van der Waals surface area contributed by atoms with Gasteiger partial charge in [-0.25, -0.2) is 19.4 Å². The molecule has 0 aliphatic carbocycles. The van der Waals surface area contributed by atoms with Crippen molar-refractivity contribution in [1.82, 2.24) is 0 Å². The molecule has 0 atom stereocenters. The van der Waals surface area contributed by atoms with Crippen LogP contribution in [0.25, 0.3) is 11.1 Å². The first-order valence-corrected chi connectivity index (χ1v) is 5.72. The molecule has 0 aliphatic rings. The summed E-state index contributed by atoms with van der Waals surface area (Å²) in [4.78, 5) is 31.2. The van der Waals surface area contributed by atoms with Crippen LogP contribution in [-0.4, -0.2) is 11.9 Å². The monoisotopic (exact) mass is 256 g/mol. The highest BCUT2D eigenvalue weighted by molar-refractivity contribution is 5.97. The molecule has 0 amide bonds. The zero-order chi connectivity index (χ0) is 13.7. The molecule has 0 aromatic heterocycles. The van der Waals surface area contributed by atoms with Crippen molar-refractivity contribution in [3.05, 3.63) is 60.2 Å². The van der Waals surface area contributed by atoms with Gasteiger partial charge in [0.1, 0.15) is 0 Å². The van der Waals surface area contributed by atoms with Gasteiger partial charge in [0.25, 0.3) is 0 Å². The van der Waals surface area contributed by atoms with Crippen LogP contribution in [0.15, 0.2) is 54.6 Å². The van der Waals surface area contributed by atoms with Crippen LogP contribution in [0, 0.1) is 0 Å². The second-order valence-electron chi connectivity index (χ2n) is 3.86. The summed E-state index contributed by atoms with van der Waals surface area (Å²) >= 11 is 0. The average Bonchev–Trinajstić information content (AvgIpc) is 2.45. The van der Waals surface area contributed by atoms with Gasteiger partial charge in [0, 0.05) is 6.92 Å². The van der Waals surface area contributed by atoms with Crippen LogP contribution in [-0.2, 0) is 14.6 Å². The van der Waals surface area contributed by atoms with Gasteiger partial charge in [0.05, 0.1) is 5.56 Å². The van der Waals surface area contributed by atoms with Gasteiger partial charge in [-0.15, -0.1) is 0 Å². The van der Waals surface area contributed by atoms with E-state index in [9.17, 15) is 9.59 Å². The molecule has 0 radical (unpaired) electrons. The van der Waals surface area contributed by atoms with Crippen LogP contribution in [0.2, 0.25) is 0 Å². The summed E-state index contributed by atoms with van der Waals surface area (Å²) in [5.74, 6) is -1.37. The van der Waals surface area contributed by atoms with Crippen molar-refractivity contribution in [2.24, 2.45) is 0 Å². The molecule has 0 fully saturated rings. The SMILES string of the molecule is CC(=O)OOC(=O)c1ccccc1-c1ccccc1. The van der Waals surface area contributed by atoms with E-state index in [1.54, 1.807) is 18.2 Å². The summed E-state index contributed by atoms with van der Waals surface area (Å²) in [5, 5.41) is 0. The lowest BCUT2D eigenvalue weighted by Crippen LogP contribution is -2.10. The van der Waals surface area contributed by atoms with Crippen molar-refractivity contribution < 1.29 is 19.4 Å². The minimum Gasteiger partial charge on any atom is -0.248 e. The number of benzene rings is 2.